The third kappa shape index (κ3) is 5.69. The van der Waals surface area contributed by atoms with Crippen LogP contribution in [0, 0.1) is 0 Å². The lowest BCUT2D eigenvalue weighted by Crippen LogP contribution is -2.16. The minimum absolute atomic E-state index is 0.0119. The van der Waals surface area contributed by atoms with Gasteiger partial charge in [-0.1, -0.05) is 43.2 Å². The number of allylic oxidation sites excluding steroid dienone is 1. The maximum Gasteiger partial charge on any atom is 0.279 e. The van der Waals surface area contributed by atoms with E-state index in [1.54, 1.807) is 30.3 Å². The molecule has 7 nitrogen and oxygen atoms in total. The van der Waals surface area contributed by atoms with Gasteiger partial charge in [-0.2, -0.15) is 4.99 Å². The highest BCUT2D eigenvalue weighted by molar-refractivity contribution is 7.89. The van der Waals surface area contributed by atoms with E-state index in [-0.39, 0.29) is 4.90 Å². The minimum atomic E-state index is -3.83. The number of ether oxygens (including phenoxy) is 1. The molecule has 0 bridgehead atoms. The number of aromatic nitrogens is 1. The molecule has 0 unspecified atom stereocenters. The first-order valence-corrected chi connectivity index (χ1v) is 12.3. The number of primary sulfonamides is 1. The standard InChI is InChI=1S/C22H25N3O4S2/c1-3-5-6-13-29-17-9-7-8-16(14-17)21(26)24-22-25(12-4-2)19-11-10-18(31(23,27)28)15-20(19)30-22/h4,7-11,14-15H,2-3,5-6,12-13H2,1H3,(H2,23,27,28). The molecule has 9 heteroatoms. The van der Waals surface area contributed by atoms with Crippen molar-refractivity contribution in [2.45, 2.75) is 37.6 Å². The fourth-order valence-corrected chi connectivity index (χ4v) is 4.73. The van der Waals surface area contributed by atoms with Crippen LogP contribution in [0.5, 0.6) is 5.75 Å². The van der Waals surface area contributed by atoms with Gasteiger partial charge in [-0.15, -0.1) is 6.58 Å². The lowest BCUT2D eigenvalue weighted by Gasteiger charge is -2.06. The number of amides is 1. The molecule has 3 aromatic rings. The molecular weight excluding hydrogens is 434 g/mol. The Labute approximate surface area is 185 Å². The van der Waals surface area contributed by atoms with E-state index >= 15 is 0 Å². The summed E-state index contributed by atoms with van der Waals surface area (Å²) in [6, 6.07) is 11.5. The molecule has 31 heavy (non-hydrogen) atoms. The highest BCUT2D eigenvalue weighted by Gasteiger charge is 2.13. The van der Waals surface area contributed by atoms with E-state index in [0.717, 1.165) is 24.8 Å². The summed E-state index contributed by atoms with van der Waals surface area (Å²) in [6.45, 7) is 6.90. The smallest absolute Gasteiger partial charge is 0.279 e. The Morgan fingerprint density at radius 2 is 2.06 bits per heavy atom. The quantitative estimate of drug-likeness (QED) is 0.388. The van der Waals surface area contributed by atoms with E-state index in [9.17, 15) is 13.2 Å². The zero-order valence-corrected chi connectivity index (χ0v) is 18.9. The number of hydrogen-bond donors (Lipinski definition) is 1. The summed E-state index contributed by atoms with van der Waals surface area (Å²) >= 11 is 1.22. The first kappa shape index (κ1) is 22.9. The molecule has 0 spiro atoms. The molecule has 0 aliphatic rings. The minimum Gasteiger partial charge on any atom is -0.494 e. The number of sulfonamides is 1. The monoisotopic (exact) mass is 459 g/mol. The van der Waals surface area contributed by atoms with Crippen LogP contribution in [0.3, 0.4) is 0 Å². The maximum atomic E-state index is 12.8. The predicted octanol–water partition coefficient (Wildman–Crippen LogP) is 3.85. The number of carbonyl (C=O) groups is 1. The van der Waals surface area contributed by atoms with Crippen molar-refractivity contribution in [1.82, 2.24) is 4.57 Å². The molecule has 2 aromatic carbocycles. The van der Waals surface area contributed by atoms with E-state index in [2.05, 4.69) is 18.5 Å². The second kappa shape index (κ2) is 10.0. The number of carbonyl (C=O) groups excluding carboxylic acids is 1. The Hall–Kier alpha value is -2.75. The maximum absolute atomic E-state index is 12.8. The predicted molar refractivity (Wildman–Crippen MR) is 123 cm³/mol. The zero-order chi connectivity index (χ0) is 22.4. The fraction of sp³-hybridized carbons (Fsp3) is 0.273. The van der Waals surface area contributed by atoms with Gasteiger partial charge in [0.2, 0.25) is 10.0 Å². The second-order valence-corrected chi connectivity index (χ2v) is 9.53. The van der Waals surface area contributed by atoms with Gasteiger partial charge in [0.25, 0.3) is 5.91 Å². The van der Waals surface area contributed by atoms with Gasteiger partial charge in [-0.3, -0.25) is 4.79 Å². The topological polar surface area (TPSA) is 104 Å². The van der Waals surface area contributed by atoms with E-state index < -0.39 is 15.9 Å². The molecule has 0 aliphatic carbocycles. The van der Waals surface area contributed by atoms with Gasteiger partial charge in [0.1, 0.15) is 5.75 Å². The molecule has 0 saturated carbocycles. The lowest BCUT2D eigenvalue weighted by atomic mass is 10.2. The number of nitrogens with two attached hydrogens (primary N) is 1. The number of rotatable bonds is 9. The number of hydrogen-bond acceptors (Lipinski definition) is 5. The van der Waals surface area contributed by atoms with Crippen molar-refractivity contribution in [2.24, 2.45) is 10.1 Å². The molecule has 1 heterocycles. The number of fused-ring (bicyclic) bond motifs is 1. The Bertz CT molecular complexity index is 1270. The summed E-state index contributed by atoms with van der Waals surface area (Å²) in [5, 5.41) is 5.24. The van der Waals surface area contributed by atoms with E-state index in [0.29, 0.717) is 34.0 Å². The summed E-state index contributed by atoms with van der Waals surface area (Å²) < 4.78 is 31.5. The van der Waals surface area contributed by atoms with Gasteiger partial charge in [0.15, 0.2) is 4.80 Å². The number of thiazole rings is 1. The zero-order valence-electron chi connectivity index (χ0n) is 17.3. The summed E-state index contributed by atoms with van der Waals surface area (Å²) in [5.74, 6) is 0.223. The Balaban J connectivity index is 1.96. The molecule has 0 atom stereocenters. The average molecular weight is 460 g/mol. The normalized spacial score (nSPS) is 12.3. The van der Waals surface area contributed by atoms with Crippen LogP contribution in [0.2, 0.25) is 0 Å². The van der Waals surface area contributed by atoms with Crippen molar-refractivity contribution in [2.75, 3.05) is 6.61 Å². The molecule has 1 amide bonds. The fourth-order valence-electron chi connectivity index (χ4n) is 3.03. The van der Waals surface area contributed by atoms with Crippen LogP contribution in [-0.4, -0.2) is 25.5 Å². The SMILES string of the molecule is C=CCn1c(=NC(=O)c2cccc(OCCCCC)c2)sc2cc(S(N)(=O)=O)ccc21. The van der Waals surface area contributed by atoms with Crippen LogP contribution < -0.4 is 14.7 Å². The lowest BCUT2D eigenvalue weighted by molar-refractivity contribution is 0.0997. The van der Waals surface area contributed by atoms with Crippen molar-refractivity contribution in [3.8, 4) is 5.75 Å². The van der Waals surface area contributed by atoms with E-state index in [1.807, 2.05) is 10.6 Å². The molecule has 1 aromatic heterocycles. The van der Waals surface area contributed by atoms with Crippen LogP contribution in [0.4, 0.5) is 0 Å². The summed E-state index contributed by atoms with van der Waals surface area (Å²) in [4.78, 5) is 17.6. The van der Waals surface area contributed by atoms with Crippen LogP contribution >= 0.6 is 11.3 Å². The molecule has 2 N–H and O–H groups in total. The van der Waals surface area contributed by atoms with Gasteiger partial charge in [0, 0.05) is 12.1 Å². The second-order valence-electron chi connectivity index (χ2n) is 6.96. The molecule has 0 radical (unpaired) electrons. The van der Waals surface area contributed by atoms with Crippen molar-refractivity contribution in [1.29, 1.82) is 0 Å². The summed E-state index contributed by atoms with van der Waals surface area (Å²) in [7, 11) is -3.83. The van der Waals surface area contributed by atoms with Gasteiger partial charge in [-0.25, -0.2) is 13.6 Å². The number of benzene rings is 2. The average Bonchev–Trinajstić information content (AvgIpc) is 3.07. The Kier molecular flexibility index (Phi) is 7.42. The van der Waals surface area contributed by atoms with Crippen LogP contribution in [0.1, 0.15) is 36.5 Å². The van der Waals surface area contributed by atoms with Crippen molar-refractivity contribution in [3.05, 3.63) is 65.5 Å². The summed E-state index contributed by atoms with van der Waals surface area (Å²) in [5.41, 5.74) is 1.16. The highest BCUT2D eigenvalue weighted by atomic mass is 32.2. The van der Waals surface area contributed by atoms with Crippen molar-refractivity contribution in [3.63, 3.8) is 0 Å². The molecule has 3 rings (SSSR count). The van der Waals surface area contributed by atoms with E-state index in [1.165, 1.54) is 23.5 Å². The van der Waals surface area contributed by atoms with Gasteiger partial charge in [-0.05, 0) is 42.8 Å². The number of unbranched alkanes of at least 4 members (excludes halogenated alkanes) is 2. The molecule has 0 saturated heterocycles. The largest absolute Gasteiger partial charge is 0.494 e. The number of nitrogens with zero attached hydrogens (tertiary/aromatic N) is 2. The van der Waals surface area contributed by atoms with Gasteiger partial charge in [0.05, 0.1) is 21.7 Å². The van der Waals surface area contributed by atoms with Gasteiger partial charge < -0.3 is 9.30 Å². The van der Waals surface area contributed by atoms with Gasteiger partial charge >= 0.3 is 0 Å². The molecule has 0 fully saturated rings. The van der Waals surface area contributed by atoms with Crippen LogP contribution in [0.15, 0.2) is 65.0 Å². The Morgan fingerprint density at radius 1 is 1.26 bits per heavy atom. The summed E-state index contributed by atoms with van der Waals surface area (Å²) in [6.07, 6.45) is 4.85. The first-order valence-electron chi connectivity index (χ1n) is 9.92. The molecule has 0 aliphatic heterocycles. The highest BCUT2D eigenvalue weighted by Crippen LogP contribution is 2.22. The Morgan fingerprint density at radius 3 is 2.77 bits per heavy atom. The first-order chi connectivity index (χ1) is 14.8. The van der Waals surface area contributed by atoms with Crippen molar-refractivity contribution < 1.29 is 17.9 Å². The molecular formula is C22H25N3O4S2. The third-order valence-electron chi connectivity index (χ3n) is 4.59. The van der Waals surface area contributed by atoms with E-state index in [4.69, 9.17) is 9.88 Å². The van der Waals surface area contributed by atoms with Crippen LogP contribution in [-0.2, 0) is 16.6 Å². The third-order valence-corrected chi connectivity index (χ3v) is 6.54. The van der Waals surface area contributed by atoms with Crippen LogP contribution in [0.25, 0.3) is 10.2 Å². The molecule has 164 valence electrons. The van der Waals surface area contributed by atoms with Crippen molar-refractivity contribution >= 4 is 37.5 Å².